The van der Waals surface area contributed by atoms with Gasteiger partial charge in [0, 0.05) is 31.5 Å². The van der Waals surface area contributed by atoms with E-state index in [0.29, 0.717) is 5.11 Å². The normalized spacial score (nSPS) is 10.1. The first-order chi connectivity index (χ1) is 10.6. The van der Waals surface area contributed by atoms with Crippen molar-refractivity contribution in [2.45, 2.75) is 6.42 Å². The van der Waals surface area contributed by atoms with Crippen LogP contribution in [0, 0.1) is 5.82 Å². The summed E-state index contributed by atoms with van der Waals surface area (Å²) >= 11 is 5.21. The Balaban J connectivity index is 1.66. The minimum absolute atomic E-state index is 0.256. The summed E-state index contributed by atoms with van der Waals surface area (Å²) in [4.78, 5) is 2.21. The number of hydrogen-bond acceptors (Lipinski definition) is 2. The molecule has 0 fully saturated rings. The Labute approximate surface area is 136 Å². The molecule has 0 heterocycles. The lowest BCUT2D eigenvalue weighted by Crippen LogP contribution is -2.31. The number of rotatable bonds is 6. The Morgan fingerprint density at radius 3 is 2.45 bits per heavy atom. The fourth-order valence-electron chi connectivity index (χ4n) is 2.04. The Morgan fingerprint density at radius 2 is 1.77 bits per heavy atom. The highest BCUT2D eigenvalue weighted by Crippen LogP contribution is 2.11. The predicted octanol–water partition coefficient (Wildman–Crippen LogP) is 3.64. The van der Waals surface area contributed by atoms with Gasteiger partial charge in [0.15, 0.2) is 5.11 Å². The van der Waals surface area contributed by atoms with Gasteiger partial charge in [-0.2, -0.15) is 0 Å². The third-order valence-corrected chi connectivity index (χ3v) is 3.50. The van der Waals surface area contributed by atoms with Crippen LogP contribution < -0.4 is 15.5 Å². The number of thiocarbonyl (C=S) groups is 1. The molecule has 116 valence electrons. The number of nitrogens with zero attached hydrogens (tertiary/aromatic N) is 1. The SMILES string of the molecule is CN(CCCNC(=S)Nc1ccc(F)cc1)c1ccccc1. The zero-order valence-electron chi connectivity index (χ0n) is 12.6. The fraction of sp³-hybridized carbons (Fsp3) is 0.235. The van der Waals surface area contributed by atoms with Gasteiger partial charge in [0.25, 0.3) is 0 Å². The van der Waals surface area contributed by atoms with E-state index < -0.39 is 0 Å². The predicted molar refractivity (Wildman–Crippen MR) is 95.0 cm³/mol. The van der Waals surface area contributed by atoms with Crippen LogP contribution in [0.5, 0.6) is 0 Å². The number of benzene rings is 2. The maximum Gasteiger partial charge on any atom is 0.170 e. The van der Waals surface area contributed by atoms with Gasteiger partial charge in [-0.15, -0.1) is 0 Å². The molecule has 2 N–H and O–H groups in total. The van der Waals surface area contributed by atoms with Crippen molar-refractivity contribution in [1.29, 1.82) is 0 Å². The molecule has 0 aliphatic rings. The van der Waals surface area contributed by atoms with Crippen molar-refractivity contribution in [3.05, 3.63) is 60.4 Å². The van der Waals surface area contributed by atoms with Crippen molar-refractivity contribution in [1.82, 2.24) is 5.32 Å². The van der Waals surface area contributed by atoms with Gasteiger partial charge in [-0.1, -0.05) is 18.2 Å². The molecule has 0 saturated heterocycles. The van der Waals surface area contributed by atoms with Crippen LogP contribution in [-0.2, 0) is 0 Å². The molecular weight excluding hydrogens is 297 g/mol. The summed E-state index contributed by atoms with van der Waals surface area (Å²) in [5.74, 6) is -0.256. The Hall–Kier alpha value is -2.14. The molecule has 5 heteroatoms. The van der Waals surface area contributed by atoms with Crippen LogP contribution in [0.2, 0.25) is 0 Å². The molecule has 0 aromatic heterocycles. The maximum absolute atomic E-state index is 12.8. The van der Waals surface area contributed by atoms with E-state index in [1.165, 1.54) is 17.8 Å². The first kappa shape index (κ1) is 16.2. The van der Waals surface area contributed by atoms with Gasteiger partial charge in [-0.3, -0.25) is 0 Å². The second kappa shape index (κ2) is 8.34. The summed E-state index contributed by atoms with van der Waals surface area (Å²) in [6.45, 7) is 1.72. The summed E-state index contributed by atoms with van der Waals surface area (Å²) in [5.41, 5.74) is 1.98. The lowest BCUT2D eigenvalue weighted by Gasteiger charge is -2.19. The molecule has 2 rings (SSSR count). The van der Waals surface area contributed by atoms with Crippen LogP contribution in [-0.4, -0.2) is 25.2 Å². The highest BCUT2D eigenvalue weighted by molar-refractivity contribution is 7.80. The highest BCUT2D eigenvalue weighted by Gasteiger charge is 2.01. The van der Waals surface area contributed by atoms with Gasteiger partial charge < -0.3 is 15.5 Å². The second-order valence-electron chi connectivity index (χ2n) is 5.00. The van der Waals surface area contributed by atoms with Gasteiger partial charge >= 0.3 is 0 Å². The van der Waals surface area contributed by atoms with Crippen LogP contribution in [0.4, 0.5) is 15.8 Å². The quantitative estimate of drug-likeness (QED) is 0.628. The van der Waals surface area contributed by atoms with Gasteiger partial charge in [0.1, 0.15) is 5.82 Å². The van der Waals surface area contributed by atoms with E-state index in [1.807, 2.05) is 18.2 Å². The molecule has 0 radical (unpaired) electrons. The average molecular weight is 317 g/mol. The van der Waals surface area contributed by atoms with Gasteiger partial charge in [0.2, 0.25) is 0 Å². The molecule has 2 aromatic rings. The molecule has 3 nitrogen and oxygen atoms in total. The molecule has 0 unspecified atom stereocenters. The number of hydrogen-bond donors (Lipinski definition) is 2. The third kappa shape index (κ3) is 5.33. The van der Waals surface area contributed by atoms with E-state index in [2.05, 4.69) is 34.7 Å². The van der Waals surface area contributed by atoms with Crippen molar-refractivity contribution in [3.8, 4) is 0 Å². The summed E-state index contributed by atoms with van der Waals surface area (Å²) in [6, 6.07) is 16.4. The smallest absolute Gasteiger partial charge is 0.170 e. The lowest BCUT2D eigenvalue weighted by molar-refractivity contribution is 0.628. The summed E-state index contributed by atoms with van der Waals surface area (Å²) < 4.78 is 12.8. The molecule has 0 saturated carbocycles. The summed E-state index contributed by atoms with van der Waals surface area (Å²) in [6.07, 6.45) is 0.969. The van der Waals surface area contributed by atoms with Gasteiger partial charge in [0.05, 0.1) is 0 Å². The minimum Gasteiger partial charge on any atom is -0.375 e. The maximum atomic E-state index is 12.8. The Bertz CT molecular complexity index is 587. The summed E-state index contributed by atoms with van der Waals surface area (Å²) in [5, 5.41) is 6.73. The molecule has 0 spiro atoms. The zero-order valence-corrected chi connectivity index (χ0v) is 13.4. The van der Waals surface area contributed by atoms with Crippen molar-refractivity contribution in [2.75, 3.05) is 30.4 Å². The first-order valence-electron chi connectivity index (χ1n) is 7.22. The second-order valence-corrected chi connectivity index (χ2v) is 5.41. The van der Waals surface area contributed by atoms with Gasteiger partial charge in [-0.05, 0) is 55.0 Å². The topological polar surface area (TPSA) is 27.3 Å². The van der Waals surface area contributed by atoms with E-state index >= 15 is 0 Å². The Kier molecular flexibility index (Phi) is 6.15. The van der Waals surface area contributed by atoms with Crippen LogP contribution in [0.25, 0.3) is 0 Å². The molecule has 0 bridgehead atoms. The monoisotopic (exact) mass is 317 g/mol. The third-order valence-electron chi connectivity index (χ3n) is 3.25. The van der Waals surface area contributed by atoms with E-state index in [9.17, 15) is 4.39 Å². The highest BCUT2D eigenvalue weighted by atomic mass is 32.1. The van der Waals surface area contributed by atoms with Crippen LogP contribution in [0.15, 0.2) is 54.6 Å². The number of anilines is 2. The number of para-hydroxylation sites is 1. The lowest BCUT2D eigenvalue weighted by atomic mass is 10.3. The van der Waals surface area contributed by atoms with Crippen molar-refractivity contribution >= 4 is 28.7 Å². The number of halogens is 1. The van der Waals surface area contributed by atoms with E-state index in [-0.39, 0.29) is 5.82 Å². The molecule has 2 aromatic carbocycles. The van der Waals surface area contributed by atoms with Crippen molar-refractivity contribution in [2.24, 2.45) is 0 Å². The van der Waals surface area contributed by atoms with E-state index in [1.54, 1.807) is 12.1 Å². The standard InChI is InChI=1S/C17H20FN3S/c1-21(16-6-3-2-4-7-16)13-5-12-19-17(22)20-15-10-8-14(18)9-11-15/h2-4,6-11H,5,12-13H2,1H3,(H2,19,20,22). The largest absolute Gasteiger partial charge is 0.375 e. The molecule has 0 aliphatic heterocycles. The van der Waals surface area contributed by atoms with Crippen LogP contribution in [0.3, 0.4) is 0 Å². The first-order valence-corrected chi connectivity index (χ1v) is 7.62. The van der Waals surface area contributed by atoms with Crippen molar-refractivity contribution < 1.29 is 4.39 Å². The van der Waals surface area contributed by atoms with E-state index in [4.69, 9.17) is 12.2 Å². The van der Waals surface area contributed by atoms with Gasteiger partial charge in [-0.25, -0.2) is 4.39 Å². The van der Waals surface area contributed by atoms with E-state index in [0.717, 1.165) is 25.2 Å². The molecule has 0 atom stereocenters. The zero-order chi connectivity index (χ0) is 15.8. The molecular formula is C17H20FN3S. The molecule has 22 heavy (non-hydrogen) atoms. The molecule has 0 amide bonds. The number of nitrogens with one attached hydrogen (secondary N) is 2. The molecule has 0 aliphatic carbocycles. The minimum atomic E-state index is -0.256. The summed E-state index contributed by atoms with van der Waals surface area (Å²) in [7, 11) is 2.07. The Morgan fingerprint density at radius 1 is 1.09 bits per heavy atom. The average Bonchev–Trinajstić information content (AvgIpc) is 2.54. The van der Waals surface area contributed by atoms with Crippen LogP contribution >= 0.6 is 12.2 Å². The van der Waals surface area contributed by atoms with Crippen LogP contribution in [0.1, 0.15) is 6.42 Å². The van der Waals surface area contributed by atoms with Crippen molar-refractivity contribution in [3.63, 3.8) is 0 Å². The fourth-order valence-corrected chi connectivity index (χ4v) is 2.26.